The first-order chi connectivity index (χ1) is 16.3. The van der Waals surface area contributed by atoms with E-state index in [1.165, 1.54) is 6.07 Å². The van der Waals surface area contributed by atoms with Crippen LogP contribution in [0.4, 0.5) is 20.2 Å². The third kappa shape index (κ3) is 4.41. The molecule has 0 saturated carbocycles. The average molecular weight is 462 g/mol. The lowest BCUT2D eigenvalue weighted by Gasteiger charge is -2.16. The van der Waals surface area contributed by atoms with Crippen molar-refractivity contribution in [2.45, 2.75) is 27.2 Å². The molecule has 0 unspecified atom stereocenters. The molecule has 4 rings (SSSR count). The van der Waals surface area contributed by atoms with Crippen molar-refractivity contribution in [2.24, 2.45) is 0 Å². The van der Waals surface area contributed by atoms with Gasteiger partial charge >= 0.3 is 0 Å². The van der Waals surface area contributed by atoms with Crippen LogP contribution in [0.15, 0.2) is 66.4 Å². The molecule has 0 bridgehead atoms. The van der Waals surface area contributed by atoms with Crippen LogP contribution in [0.1, 0.15) is 30.0 Å². The van der Waals surface area contributed by atoms with Crippen LogP contribution >= 0.6 is 0 Å². The average Bonchev–Trinajstić information content (AvgIpc) is 3.05. The van der Waals surface area contributed by atoms with Crippen LogP contribution in [0.2, 0.25) is 0 Å². The zero-order valence-electron chi connectivity index (χ0n) is 19.1. The maximum Gasteiger partial charge on any atom is 0.282 e. The van der Waals surface area contributed by atoms with E-state index in [0.29, 0.717) is 23.6 Å². The maximum absolute atomic E-state index is 13.9. The van der Waals surface area contributed by atoms with Gasteiger partial charge in [-0.25, -0.2) is 13.7 Å². The number of carbonyl (C=O) groups is 2. The minimum absolute atomic E-state index is 0.0469. The molecule has 0 aliphatic carbocycles. The molecule has 1 heterocycles. The largest absolute Gasteiger partial charge is 0.494 e. The monoisotopic (exact) mass is 462 g/mol. The van der Waals surface area contributed by atoms with Crippen LogP contribution in [0, 0.1) is 25.5 Å². The molecular weight excluding hydrogens is 438 g/mol. The first kappa shape index (κ1) is 23.2. The van der Waals surface area contributed by atoms with E-state index in [9.17, 15) is 18.4 Å². The first-order valence-corrected chi connectivity index (χ1v) is 11.0. The summed E-state index contributed by atoms with van der Waals surface area (Å²) in [5, 5.41) is 3.07. The van der Waals surface area contributed by atoms with Gasteiger partial charge in [0.2, 0.25) is 0 Å². The van der Waals surface area contributed by atoms with E-state index < -0.39 is 23.4 Å². The highest BCUT2D eigenvalue weighted by molar-refractivity contribution is 6.46. The molecule has 0 radical (unpaired) electrons. The molecule has 1 aliphatic rings. The third-order valence-corrected chi connectivity index (χ3v) is 5.62. The Balaban J connectivity index is 1.80. The van der Waals surface area contributed by atoms with E-state index in [2.05, 4.69) is 5.32 Å². The highest BCUT2D eigenvalue weighted by Gasteiger charge is 2.40. The predicted octanol–water partition coefficient (Wildman–Crippen LogP) is 5.77. The van der Waals surface area contributed by atoms with Crippen LogP contribution in [0.5, 0.6) is 5.75 Å². The molecular formula is C27H24F2N2O3. The molecule has 174 valence electrons. The molecule has 3 aromatic rings. The van der Waals surface area contributed by atoms with Crippen molar-refractivity contribution < 1.29 is 23.1 Å². The van der Waals surface area contributed by atoms with Gasteiger partial charge in [0.05, 0.1) is 17.9 Å². The number of rotatable bonds is 7. The summed E-state index contributed by atoms with van der Waals surface area (Å²) in [6.45, 7) is 6.40. The molecule has 7 heteroatoms. The standard InChI is InChI=1S/C27H24F2N2O3/c1-4-12-34-21-7-5-6-19(14-21)30-25-24(18-9-8-16(2)17(3)13-18)26(32)31(27(25)33)20-10-11-22(28)23(29)15-20/h5-11,13-15,30H,4,12H2,1-3H3. The molecule has 2 amide bonds. The molecule has 0 saturated heterocycles. The van der Waals surface area contributed by atoms with E-state index in [1.54, 1.807) is 30.3 Å². The Bertz CT molecular complexity index is 1320. The number of hydrogen-bond acceptors (Lipinski definition) is 4. The van der Waals surface area contributed by atoms with Gasteiger partial charge in [0, 0.05) is 17.8 Å². The molecule has 0 fully saturated rings. The van der Waals surface area contributed by atoms with Crippen LogP contribution in [0.3, 0.4) is 0 Å². The van der Waals surface area contributed by atoms with Crippen molar-refractivity contribution in [1.29, 1.82) is 0 Å². The highest BCUT2D eigenvalue weighted by atomic mass is 19.2. The van der Waals surface area contributed by atoms with E-state index in [-0.39, 0.29) is 17.0 Å². The van der Waals surface area contributed by atoms with Gasteiger partial charge in [-0.05, 0) is 61.2 Å². The summed E-state index contributed by atoms with van der Waals surface area (Å²) in [4.78, 5) is 27.8. The van der Waals surface area contributed by atoms with Crippen LogP contribution in [-0.2, 0) is 9.59 Å². The lowest BCUT2D eigenvalue weighted by molar-refractivity contribution is -0.120. The number of aryl methyl sites for hydroxylation is 2. The fraction of sp³-hybridized carbons (Fsp3) is 0.185. The van der Waals surface area contributed by atoms with E-state index in [0.717, 1.165) is 34.6 Å². The number of benzene rings is 3. The van der Waals surface area contributed by atoms with Gasteiger partial charge in [0.15, 0.2) is 11.6 Å². The molecule has 1 N–H and O–H groups in total. The molecule has 5 nitrogen and oxygen atoms in total. The molecule has 3 aromatic carbocycles. The second-order valence-corrected chi connectivity index (χ2v) is 8.09. The fourth-order valence-electron chi connectivity index (χ4n) is 3.70. The zero-order chi connectivity index (χ0) is 24.4. The Hall–Kier alpha value is -4.00. The molecule has 0 aromatic heterocycles. The van der Waals surface area contributed by atoms with Gasteiger partial charge in [-0.1, -0.05) is 31.2 Å². The van der Waals surface area contributed by atoms with Crippen molar-refractivity contribution in [3.8, 4) is 5.75 Å². The number of nitrogens with one attached hydrogen (secondary N) is 1. The summed E-state index contributed by atoms with van der Waals surface area (Å²) in [7, 11) is 0. The summed E-state index contributed by atoms with van der Waals surface area (Å²) in [5.41, 5.74) is 3.24. The number of amides is 2. The van der Waals surface area contributed by atoms with Crippen molar-refractivity contribution in [3.63, 3.8) is 0 Å². The Labute approximate surface area is 196 Å². The van der Waals surface area contributed by atoms with Gasteiger partial charge in [0.25, 0.3) is 11.8 Å². The summed E-state index contributed by atoms with van der Waals surface area (Å²) >= 11 is 0. The summed E-state index contributed by atoms with van der Waals surface area (Å²) < 4.78 is 33.1. The van der Waals surface area contributed by atoms with Gasteiger partial charge in [-0.15, -0.1) is 0 Å². The number of hydrogen-bond donors (Lipinski definition) is 1. The number of anilines is 2. The number of imide groups is 1. The quantitative estimate of drug-likeness (QED) is 0.453. The highest BCUT2D eigenvalue weighted by Crippen LogP contribution is 2.35. The Morgan fingerprint density at radius 2 is 1.68 bits per heavy atom. The van der Waals surface area contributed by atoms with Crippen molar-refractivity contribution in [3.05, 3.63) is 94.7 Å². The van der Waals surface area contributed by atoms with Crippen molar-refractivity contribution >= 4 is 28.8 Å². The van der Waals surface area contributed by atoms with Crippen molar-refractivity contribution in [2.75, 3.05) is 16.8 Å². The second kappa shape index (κ2) is 9.47. The van der Waals surface area contributed by atoms with E-state index >= 15 is 0 Å². The molecule has 0 atom stereocenters. The number of nitrogens with zero attached hydrogens (tertiary/aromatic N) is 1. The molecule has 34 heavy (non-hydrogen) atoms. The lowest BCUT2D eigenvalue weighted by atomic mass is 9.99. The molecule has 1 aliphatic heterocycles. The normalized spacial score (nSPS) is 13.6. The van der Waals surface area contributed by atoms with E-state index in [4.69, 9.17) is 4.74 Å². The second-order valence-electron chi connectivity index (χ2n) is 8.09. The number of ether oxygens (including phenoxy) is 1. The summed E-state index contributed by atoms with van der Waals surface area (Å²) in [6.07, 6.45) is 0.843. The summed E-state index contributed by atoms with van der Waals surface area (Å²) in [5.74, 6) is -2.88. The van der Waals surface area contributed by atoms with Gasteiger partial charge in [-0.2, -0.15) is 0 Å². The van der Waals surface area contributed by atoms with Gasteiger partial charge < -0.3 is 10.1 Å². The SMILES string of the molecule is CCCOc1cccc(NC2=C(c3ccc(C)c(C)c3)C(=O)N(c3ccc(F)c(F)c3)C2=O)c1. The van der Waals surface area contributed by atoms with Crippen LogP contribution in [-0.4, -0.2) is 18.4 Å². The number of halogens is 2. The van der Waals surface area contributed by atoms with Crippen LogP contribution < -0.4 is 15.0 Å². The zero-order valence-corrected chi connectivity index (χ0v) is 19.1. The lowest BCUT2D eigenvalue weighted by Crippen LogP contribution is -2.32. The smallest absolute Gasteiger partial charge is 0.282 e. The Kier molecular flexibility index (Phi) is 6.45. The predicted molar refractivity (Wildman–Crippen MR) is 128 cm³/mol. The maximum atomic E-state index is 13.9. The Morgan fingerprint density at radius 3 is 2.38 bits per heavy atom. The number of carbonyl (C=O) groups excluding carboxylic acids is 2. The van der Waals surface area contributed by atoms with Crippen molar-refractivity contribution in [1.82, 2.24) is 0 Å². The molecule has 0 spiro atoms. The van der Waals surface area contributed by atoms with Gasteiger partial charge in [-0.3, -0.25) is 9.59 Å². The fourth-order valence-corrected chi connectivity index (χ4v) is 3.70. The van der Waals surface area contributed by atoms with E-state index in [1.807, 2.05) is 32.9 Å². The van der Waals surface area contributed by atoms with Gasteiger partial charge in [0.1, 0.15) is 11.4 Å². The third-order valence-electron chi connectivity index (χ3n) is 5.62. The summed E-state index contributed by atoms with van der Waals surface area (Å²) in [6, 6.07) is 15.5. The minimum atomic E-state index is -1.15. The first-order valence-electron chi connectivity index (χ1n) is 11.0. The van der Waals surface area contributed by atoms with Crippen LogP contribution in [0.25, 0.3) is 5.57 Å². The Morgan fingerprint density at radius 1 is 0.882 bits per heavy atom. The topological polar surface area (TPSA) is 58.6 Å². The minimum Gasteiger partial charge on any atom is -0.494 e.